The summed E-state index contributed by atoms with van der Waals surface area (Å²) in [5.41, 5.74) is 1.11. The van der Waals surface area contributed by atoms with Gasteiger partial charge in [0.2, 0.25) is 5.91 Å². The Morgan fingerprint density at radius 2 is 2.31 bits per heavy atom. The summed E-state index contributed by atoms with van der Waals surface area (Å²) in [6.07, 6.45) is 0.576. The summed E-state index contributed by atoms with van der Waals surface area (Å²) in [6, 6.07) is 0.451. The maximum absolute atomic E-state index is 11.1. The fourth-order valence-electron chi connectivity index (χ4n) is 2.10. The van der Waals surface area contributed by atoms with Gasteiger partial charge in [0.1, 0.15) is 0 Å². The van der Waals surface area contributed by atoms with Gasteiger partial charge < -0.3 is 10.6 Å². The van der Waals surface area contributed by atoms with Crippen molar-refractivity contribution in [3.8, 4) is 0 Å². The Bertz CT molecular complexity index is 402. The van der Waals surface area contributed by atoms with E-state index in [0.717, 1.165) is 17.2 Å². The molecule has 2 atom stereocenters. The molecule has 1 amide bonds. The van der Waals surface area contributed by atoms with Crippen LogP contribution in [-0.2, 0) is 4.79 Å². The third-order valence-corrected chi connectivity index (χ3v) is 3.71. The second kappa shape index (κ2) is 4.51. The van der Waals surface area contributed by atoms with Gasteiger partial charge in [0.25, 0.3) is 0 Å². The summed E-state index contributed by atoms with van der Waals surface area (Å²) in [6.45, 7) is 6.94. The zero-order valence-electron chi connectivity index (χ0n) is 9.83. The Balaban J connectivity index is 2.00. The maximum atomic E-state index is 11.1. The first-order chi connectivity index (χ1) is 7.56. The standard InChI is InChI=1S/C11H17N3OS/c1-6(11-7(2)16-8(3)14-11)13-9-4-10(15)12-5-9/h6,9,13H,4-5H2,1-3H3,(H,12,15). The molecular formula is C11H17N3OS. The average molecular weight is 239 g/mol. The van der Waals surface area contributed by atoms with E-state index in [1.807, 2.05) is 6.92 Å². The molecule has 88 valence electrons. The molecule has 2 rings (SSSR count). The van der Waals surface area contributed by atoms with Crippen LogP contribution in [-0.4, -0.2) is 23.5 Å². The molecule has 0 radical (unpaired) electrons. The lowest BCUT2D eigenvalue weighted by Crippen LogP contribution is -2.33. The monoisotopic (exact) mass is 239 g/mol. The van der Waals surface area contributed by atoms with Crippen molar-refractivity contribution in [1.29, 1.82) is 0 Å². The number of carbonyl (C=O) groups is 1. The molecule has 0 aliphatic carbocycles. The van der Waals surface area contributed by atoms with Gasteiger partial charge in [0, 0.05) is 29.9 Å². The second-order valence-electron chi connectivity index (χ2n) is 4.27. The highest BCUT2D eigenvalue weighted by Gasteiger charge is 2.24. The highest BCUT2D eigenvalue weighted by atomic mass is 32.1. The molecule has 2 N–H and O–H groups in total. The summed E-state index contributed by atoms with van der Waals surface area (Å²) in [5.74, 6) is 0.135. The number of carbonyl (C=O) groups excluding carboxylic acids is 1. The molecule has 1 saturated heterocycles. The predicted octanol–water partition coefficient (Wildman–Crippen LogP) is 1.30. The van der Waals surface area contributed by atoms with Gasteiger partial charge in [0.05, 0.1) is 10.7 Å². The molecule has 1 aromatic rings. The van der Waals surface area contributed by atoms with Crippen molar-refractivity contribution in [2.75, 3.05) is 6.54 Å². The van der Waals surface area contributed by atoms with Crippen LogP contribution in [0.1, 0.15) is 35.0 Å². The zero-order valence-corrected chi connectivity index (χ0v) is 10.6. The lowest BCUT2D eigenvalue weighted by atomic mass is 10.1. The molecule has 2 unspecified atom stereocenters. The summed E-state index contributed by atoms with van der Waals surface area (Å²) in [7, 11) is 0. The fourth-order valence-corrected chi connectivity index (χ4v) is 3.02. The van der Waals surface area contributed by atoms with Crippen LogP contribution in [0.15, 0.2) is 0 Å². The van der Waals surface area contributed by atoms with E-state index in [1.165, 1.54) is 4.88 Å². The van der Waals surface area contributed by atoms with Crippen LogP contribution in [0.4, 0.5) is 0 Å². The third-order valence-electron chi connectivity index (χ3n) is 2.81. The third kappa shape index (κ3) is 2.41. The Kier molecular flexibility index (Phi) is 3.25. The summed E-state index contributed by atoms with van der Waals surface area (Å²) in [5, 5.41) is 7.37. The first kappa shape index (κ1) is 11.5. The number of thiazole rings is 1. The zero-order chi connectivity index (χ0) is 11.7. The fraction of sp³-hybridized carbons (Fsp3) is 0.636. The Morgan fingerprint density at radius 1 is 1.56 bits per heavy atom. The normalized spacial score (nSPS) is 22.2. The molecule has 2 heterocycles. The summed E-state index contributed by atoms with van der Waals surface area (Å²) in [4.78, 5) is 16.9. The van der Waals surface area contributed by atoms with E-state index >= 15 is 0 Å². The van der Waals surface area contributed by atoms with Gasteiger partial charge >= 0.3 is 0 Å². The number of aryl methyl sites for hydroxylation is 2. The van der Waals surface area contributed by atoms with Crippen molar-refractivity contribution < 1.29 is 4.79 Å². The smallest absolute Gasteiger partial charge is 0.221 e. The number of nitrogens with zero attached hydrogens (tertiary/aromatic N) is 1. The van der Waals surface area contributed by atoms with E-state index in [2.05, 4.69) is 29.5 Å². The van der Waals surface area contributed by atoms with Crippen LogP contribution in [0.25, 0.3) is 0 Å². The minimum absolute atomic E-state index is 0.135. The van der Waals surface area contributed by atoms with Crippen molar-refractivity contribution in [3.63, 3.8) is 0 Å². The molecule has 0 aromatic carbocycles. The maximum Gasteiger partial charge on any atom is 0.221 e. The van der Waals surface area contributed by atoms with Gasteiger partial charge in [-0.05, 0) is 20.8 Å². The van der Waals surface area contributed by atoms with E-state index < -0.39 is 0 Å². The molecule has 4 nitrogen and oxygen atoms in total. The number of rotatable bonds is 3. The number of hydrogen-bond donors (Lipinski definition) is 2. The molecule has 1 aliphatic heterocycles. The van der Waals surface area contributed by atoms with E-state index in [9.17, 15) is 4.79 Å². The van der Waals surface area contributed by atoms with Gasteiger partial charge in [0.15, 0.2) is 0 Å². The van der Waals surface area contributed by atoms with Gasteiger partial charge in [-0.1, -0.05) is 0 Å². The molecular weight excluding hydrogens is 222 g/mol. The van der Waals surface area contributed by atoms with Crippen molar-refractivity contribution in [2.24, 2.45) is 0 Å². The van der Waals surface area contributed by atoms with Crippen molar-refractivity contribution >= 4 is 17.2 Å². The van der Waals surface area contributed by atoms with E-state index in [1.54, 1.807) is 11.3 Å². The number of hydrogen-bond acceptors (Lipinski definition) is 4. The summed E-state index contributed by atoms with van der Waals surface area (Å²) < 4.78 is 0. The van der Waals surface area contributed by atoms with Crippen LogP contribution in [0.2, 0.25) is 0 Å². The highest BCUT2D eigenvalue weighted by Crippen LogP contribution is 2.23. The molecule has 0 bridgehead atoms. The van der Waals surface area contributed by atoms with Crippen LogP contribution >= 0.6 is 11.3 Å². The van der Waals surface area contributed by atoms with E-state index in [0.29, 0.717) is 6.42 Å². The lowest BCUT2D eigenvalue weighted by molar-refractivity contribution is -0.119. The largest absolute Gasteiger partial charge is 0.354 e. The molecule has 1 aromatic heterocycles. The van der Waals surface area contributed by atoms with Crippen molar-refractivity contribution in [1.82, 2.24) is 15.6 Å². The van der Waals surface area contributed by atoms with Crippen LogP contribution in [0.3, 0.4) is 0 Å². The van der Waals surface area contributed by atoms with E-state index in [-0.39, 0.29) is 18.0 Å². The van der Waals surface area contributed by atoms with Crippen LogP contribution in [0, 0.1) is 13.8 Å². The molecule has 5 heteroatoms. The minimum atomic E-state index is 0.135. The topological polar surface area (TPSA) is 54.0 Å². The van der Waals surface area contributed by atoms with Crippen LogP contribution in [0.5, 0.6) is 0 Å². The molecule has 0 saturated carbocycles. The highest BCUT2D eigenvalue weighted by molar-refractivity contribution is 7.11. The van der Waals surface area contributed by atoms with Crippen molar-refractivity contribution in [2.45, 2.75) is 39.3 Å². The van der Waals surface area contributed by atoms with E-state index in [4.69, 9.17) is 0 Å². The quantitative estimate of drug-likeness (QED) is 0.836. The van der Waals surface area contributed by atoms with Crippen LogP contribution < -0.4 is 10.6 Å². The Labute approximate surface area is 99.5 Å². The predicted molar refractivity (Wildman–Crippen MR) is 64.6 cm³/mol. The lowest BCUT2D eigenvalue weighted by Gasteiger charge is -2.17. The minimum Gasteiger partial charge on any atom is -0.354 e. The number of aromatic nitrogens is 1. The Hall–Kier alpha value is -0.940. The molecule has 1 aliphatic rings. The first-order valence-electron chi connectivity index (χ1n) is 5.53. The number of nitrogens with one attached hydrogen (secondary N) is 2. The first-order valence-corrected chi connectivity index (χ1v) is 6.34. The Morgan fingerprint density at radius 3 is 2.81 bits per heavy atom. The van der Waals surface area contributed by atoms with Gasteiger partial charge in [-0.25, -0.2) is 4.98 Å². The van der Waals surface area contributed by atoms with Gasteiger partial charge in [-0.15, -0.1) is 11.3 Å². The number of amides is 1. The second-order valence-corrected chi connectivity index (χ2v) is 5.68. The molecule has 1 fully saturated rings. The summed E-state index contributed by atoms with van der Waals surface area (Å²) >= 11 is 1.72. The van der Waals surface area contributed by atoms with Gasteiger partial charge in [-0.3, -0.25) is 4.79 Å². The molecule has 16 heavy (non-hydrogen) atoms. The van der Waals surface area contributed by atoms with Gasteiger partial charge in [-0.2, -0.15) is 0 Å². The molecule has 0 spiro atoms. The average Bonchev–Trinajstić information content (AvgIpc) is 2.73. The van der Waals surface area contributed by atoms with Crippen molar-refractivity contribution in [3.05, 3.63) is 15.6 Å². The SMILES string of the molecule is Cc1nc(C(C)NC2CNC(=O)C2)c(C)s1.